The lowest BCUT2D eigenvalue weighted by atomic mass is 9.44. The van der Waals surface area contributed by atoms with Crippen LogP contribution in [0, 0.1) is 6.92 Å². The molecule has 135 valence electrons. The second-order valence-electron chi connectivity index (χ2n) is 6.99. The van der Waals surface area contributed by atoms with Gasteiger partial charge in [-0.3, -0.25) is 9.59 Å². The Morgan fingerprint density at radius 3 is 2.28 bits per heavy atom. The fourth-order valence-electron chi connectivity index (χ4n) is 3.70. The van der Waals surface area contributed by atoms with Gasteiger partial charge in [-0.25, -0.2) is 0 Å². The minimum atomic E-state index is -0.342. The molecule has 0 spiro atoms. The number of halogens is 1. The van der Waals surface area contributed by atoms with Crippen molar-refractivity contribution in [3.8, 4) is 5.75 Å². The van der Waals surface area contributed by atoms with E-state index in [2.05, 4.69) is 17.6 Å². The molecule has 1 atom stereocenters. The summed E-state index contributed by atoms with van der Waals surface area (Å²) in [6.45, 7) is 3.68. The highest BCUT2D eigenvalue weighted by Gasteiger charge is 2.69. The van der Waals surface area contributed by atoms with E-state index >= 15 is 0 Å². The van der Waals surface area contributed by atoms with Crippen LogP contribution in [-0.2, 0) is 14.3 Å². The van der Waals surface area contributed by atoms with Crippen molar-refractivity contribution in [2.45, 2.75) is 42.9 Å². The van der Waals surface area contributed by atoms with Crippen molar-refractivity contribution in [2.24, 2.45) is 0 Å². The third-order valence-corrected chi connectivity index (χ3v) is 5.02. The Morgan fingerprint density at radius 1 is 1.16 bits per heavy atom. The zero-order chi connectivity index (χ0) is 18.1. The van der Waals surface area contributed by atoms with Gasteiger partial charge in [0.2, 0.25) is 5.91 Å². The quantitative estimate of drug-likeness (QED) is 0.737. The highest BCUT2D eigenvalue weighted by atomic mass is 35.5. The summed E-state index contributed by atoms with van der Waals surface area (Å²) in [4.78, 5) is 24.0. The third-order valence-electron chi connectivity index (χ3n) is 4.77. The lowest BCUT2D eigenvalue weighted by molar-refractivity contribution is -0.151. The van der Waals surface area contributed by atoms with Gasteiger partial charge in [-0.05, 0) is 50.5 Å². The molecule has 25 heavy (non-hydrogen) atoms. The van der Waals surface area contributed by atoms with Crippen LogP contribution in [0.2, 0.25) is 5.02 Å². The maximum Gasteiger partial charge on any atom is 0.258 e. The van der Waals surface area contributed by atoms with E-state index in [9.17, 15) is 9.59 Å². The van der Waals surface area contributed by atoms with E-state index in [0.29, 0.717) is 10.8 Å². The average Bonchev–Trinajstić information content (AvgIpc) is 2.51. The number of carbonyl (C=O) groups excluding carboxylic acids is 2. The van der Waals surface area contributed by atoms with E-state index in [0.717, 1.165) is 19.3 Å². The molecule has 1 unspecified atom stereocenters. The molecule has 6 nitrogen and oxygen atoms in total. The van der Waals surface area contributed by atoms with Crippen molar-refractivity contribution >= 4 is 23.4 Å². The summed E-state index contributed by atoms with van der Waals surface area (Å²) >= 11 is 5.80. The molecule has 4 rings (SSSR count). The minimum absolute atomic E-state index is 0.0419. The Labute approximate surface area is 152 Å². The Bertz CT molecular complexity index is 642. The molecule has 1 aromatic rings. The Kier molecular flexibility index (Phi) is 4.93. The first-order valence-corrected chi connectivity index (χ1v) is 8.58. The van der Waals surface area contributed by atoms with Crippen molar-refractivity contribution in [3.05, 3.63) is 36.2 Å². The Balaban J connectivity index is 1.38. The van der Waals surface area contributed by atoms with Gasteiger partial charge in [-0.1, -0.05) is 11.6 Å². The van der Waals surface area contributed by atoms with Crippen LogP contribution < -0.4 is 15.4 Å². The summed E-state index contributed by atoms with van der Waals surface area (Å²) in [7, 11) is 1.53. The molecule has 2 amide bonds. The summed E-state index contributed by atoms with van der Waals surface area (Å²) < 4.78 is 10.4. The van der Waals surface area contributed by atoms with Crippen molar-refractivity contribution in [1.29, 1.82) is 0 Å². The van der Waals surface area contributed by atoms with Gasteiger partial charge >= 0.3 is 0 Å². The summed E-state index contributed by atoms with van der Waals surface area (Å²) in [5.74, 6) is 0.376. The molecule has 3 fully saturated rings. The highest BCUT2D eigenvalue weighted by Crippen LogP contribution is 2.60. The van der Waals surface area contributed by atoms with E-state index in [-0.39, 0.29) is 42.0 Å². The van der Waals surface area contributed by atoms with Crippen molar-refractivity contribution in [1.82, 2.24) is 10.6 Å². The van der Waals surface area contributed by atoms with Gasteiger partial charge in [-0.15, -0.1) is 0 Å². The molecule has 3 aliphatic carbocycles. The van der Waals surface area contributed by atoms with Crippen LogP contribution in [0.15, 0.2) is 24.3 Å². The van der Waals surface area contributed by atoms with Crippen molar-refractivity contribution in [3.63, 3.8) is 0 Å². The number of amides is 2. The summed E-state index contributed by atoms with van der Waals surface area (Å²) in [5.41, 5.74) is -0.367. The number of hydrogen-bond donors (Lipinski definition) is 2. The molecule has 0 heterocycles. The summed E-state index contributed by atoms with van der Waals surface area (Å²) in [5, 5.41) is 6.66. The van der Waals surface area contributed by atoms with E-state index in [1.54, 1.807) is 24.3 Å². The van der Waals surface area contributed by atoms with Gasteiger partial charge < -0.3 is 20.1 Å². The lowest BCUT2D eigenvalue weighted by Gasteiger charge is -2.70. The van der Waals surface area contributed by atoms with E-state index in [1.165, 1.54) is 7.11 Å². The largest absolute Gasteiger partial charge is 0.484 e. The minimum Gasteiger partial charge on any atom is -0.484 e. The molecule has 7 heteroatoms. The maximum atomic E-state index is 12.1. The van der Waals surface area contributed by atoms with E-state index in [1.807, 2.05) is 0 Å². The van der Waals surface area contributed by atoms with Crippen LogP contribution in [0.4, 0.5) is 0 Å². The SMILES string of the molecule is [CH2]C(CC(=O)NC12CC(NC(=O)COc3ccc(Cl)cc3)(C1)C2)OC. The van der Waals surface area contributed by atoms with Crippen molar-refractivity contribution < 1.29 is 19.1 Å². The molecule has 2 bridgehead atoms. The van der Waals surface area contributed by atoms with Crippen LogP contribution in [0.3, 0.4) is 0 Å². The number of benzene rings is 1. The Hall–Kier alpha value is -1.79. The number of carbonyl (C=O) groups is 2. The van der Waals surface area contributed by atoms with Gasteiger partial charge in [0.1, 0.15) is 5.75 Å². The number of nitrogens with one attached hydrogen (secondary N) is 2. The Morgan fingerprint density at radius 2 is 1.72 bits per heavy atom. The normalized spacial score (nSPS) is 27.5. The first-order valence-electron chi connectivity index (χ1n) is 8.20. The molecule has 1 radical (unpaired) electrons. The van der Waals surface area contributed by atoms with Gasteiger partial charge in [0.05, 0.1) is 12.5 Å². The smallest absolute Gasteiger partial charge is 0.258 e. The van der Waals surface area contributed by atoms with Gasteiger partial charge in [0.25, 0.3) is 5.91 Å². The monoisotopic (exact) mass is 365 g/mol. The van der Waals surface area contributed by atoms with Gasteiger partial charge in [0, 0.05) is 23.2 Å². The second kappa shape index (κ2) is 6.84. The second-order valence-corrected chi connectivity index (χ2v) is 7.43. The maximum absolute atomic E-state index is 12.1. The number of ether oxygens (including phenoxy) is 2. The lowest BCUT2D eigenvalue weighted by Crippen LogP contribution is -2.84. The molecule has 3 saturated carbocycles. The number of methoxy groups -OCH3 is 1. The zero-order valence-corrected chi connectivity index (χ0v) is 14.9. The van der Waals surface area contributed by atoms with E-state index in [4.69, 9.17) is 21.1 Å². The predicted molar refractivity (Wildman–Crippen MR) is 93.3 cm³/mol. The first kappa shape index (κ1) is 18.0. The average molecular weight is 366 g/mol. The zero-order valence-electron chi connectivity index (χ0n) is 14.1. The molecule has 0 aliphatic heterocycles. The molecule has 0 aromatic heterocycles. The van der Waals surface area contributed by atoms with Crippen LogP contribution in [-0.4, -0.2) is 42.7 Å². The molecule has 0 saturated heterocycles. The van der Waals surface area contributed by atoms with Gasteiger partial charge in [-0.2, -0.15) is 0 Å². The number of rotatable bonds is 8. The molecule has 3 aliphatic rings. The third kappa shape index (κ3) is 4.07. The standard InChI is InChI=1S/C18H22ClN2O4/c1-12(24-2)7-15(22)20-17-9-18(10-17,11-17)21-16(23)8-25-14-5-3-13(19)4-6-14/h3-6,12H,1,7-11H2,2H3,(H,20,22)(H,21,23). The molecular formula is C18H22ClN2O4. The topological polar surface area (TPSA) is 76.7 Å². The molecule has 1 aromatic carbocycles. The van der Waals surface area contributed by atoms with Crippen LogP contribution >= 0.6 is 11.6 Å². The van der Waals surface area contributed by atoms with Crippen molar-refractivity contribution in [2.75, 3.05) is 13.7 Å². The molecular weight excluding hydrogens is 344 g/mol. The summed E-state index contributed by atoms with van der Waals surface area (Å²) in [6.07, 6.45) is 2.17. The van der Waals surface area contributed by atoms with E-state index < -0.39 is 0 Å². The van der Waals surface area contributed by atoms with Crippen LogP contribution in [0.25, 0.3) is 0 Å². The first-order chi connectivity index (χ1) is 11.8. The predicted octanol–water partition coefficient (Wildman–Crippen LogP) is 1.87. The van der Waals surface area contributed by atoms with Gasteiger partial charge in [0.15, 0.2) is 6.61 Å². The van der Waals surface area contributed by atoms with Crippen LogP contribution in [0.1, 0.15) is 25.7 Å². The molecule has 2 N–H and O–H groups in total. The highest BCUT2D eigenvalue weighted by molar-refractivity contribution is 6.30. The fraction of sp³-hybridized carbons (Fsp3) is 0.500. The summed E-state index contributed by atoms with van der Waals surface area (Å²) in [6, 6.07) is 6.86. The van der Waals surface area contributed by atoms with Crippen LogP contribution in [0.5, 0.6) is 5.75 Å². The fourth-order valence-corrected chi connectivity index (χ4v) is 3.83. The number of hydrogen-bond acceptors (Lipinski definition) is 4.